The summed E-state index contributed by atoms with van der Waals surface area (Å²) in [4.78, 5) is 25.8. The fourth-order valence-electron chi connectivity index (χ4n) is 2.44. The summed E-state index contributed by atoms with van der Waals surface area (Å²) in [6.45, 7) is 11.3. The minimum absolute atomic E-state index is 0.0488. The molecular formula is C15H28N2O4. The molecule has 0 saturated carbocycles. The molecule has 0 aromatic rings. The summed E-state index contributed by atoms with van der Waals surface area (Å²) in [6.07, 6.45) is 0.350. The average molecular weight is 300 g/mol. The highest BCUT2D eigenvalue weighted by Crippen LogP contribution is 2.21. The number of nitrogens with zero attached hydrogens (tertiary/aromatic N) is 1. The van der Waals surface area contributed by atoms with E-state index in [-0.39, 0.29) is 24.0 Å². The van der Waals surface area contributed by atoms with E-state index in [0.717, 1.165) is 13.0 Å². The lowest BCUT2D eigenvalue weighted by atomic mass is 9.92. The van der Waals surface area contributed by atoms with Crippen LogP contribution in [-0.2, 0) is 14.3 Å². The van der Waals surface area contributed by atoms with Crippen LogP contribution in [0.25, 0.3) is 0 Å². The molecule has 1 fully saturated rings. The van der Waals surface area contributed by atoms with Crippen LogP contribution in [0.1, 0.15) is 41.0 Å². The van der Waals surface area contributed by atoms with Gasteiger partial charge in [-0.15, -0.1) is 0 Å². The summed E-state index contributed by atoms with van der Waals surface area (Å²) in [5.41, 5.74) is -0.533. The summed E-state index contributed by atoms with van der Waals surface area (Å²) in [5, 5.41) is 3.30. The van der Waals surface area contributed by atoms with Crippen molar-refractivity contribution in [2.24, 2.45) is 5.92 Å². The van der Waals surface area contributed by atoms with Crippen LogP contribution in [0.3, 0.4) is 0 Å². The van der Waals surface area contributed by atoms with E-state index < -0.39 is 5.60 Å². The van der Waals surface area contributed by atoms with Crippen molar-refractivity contribution in [2.75, 3.05) is 26.2 Å². The lowest BCUT2D eigenvalue weighted by Gasteiger charge is -2.38. The molecule has 122 valence electrons. The molecule has 21 heavy (non-hydrogen) atoms. The highest BCUT2D eigenvalue weighted by molar-refractivity contribution is 5.75. The summed E-state index contributed by atoms with van der Waals surface area (Å²) >= 11 is 0. The zero-order valence-electron chi connectivity index (χ0n) is 13.8. The van der Waals surface area contributed by atoms with Gasteiger partial charge in [-0.1, -0.05) is 6.92 Å². The zero-order valence-corrected chi connectivity index (χ0v) is 13.8. The van der Waals surface area contributed by atoms with Gasteiger partial charge < -0.3 is 19.7 Å². The number of likely N-dealkylation sites (tertiary alicyclic amines) is 1. The van der Waals surface area contributed by atoms with Crippen molar-refractivity contribution in [2.45, 2.75) is 52.7 Å². The van der Waals surface area contributed by atoms with Gasteiger partial charge in [0.25, 0.3) is 0 Å². The van der Waals surface area contributed by atoms with Crippen LogP contribution >= 0.6 is 0 Å². The second kappa shape index (κ2) is 7.64. The number of hydrogen-bond acceptors (Lipinski definition) is 5. The van der Waals surface area contributed by atoms with Gasteiger partial charge in [0.15, 0.2) is 0 Å². The molecule has 0 aromatic carbocycles. The maximum absolute atomic E-state index is 12.1. The van der Waals surface area contributed by atoms with E-state index in [9.17, 15) is 9.59 Å². The minimum Gasteiger partial charge on any atom is -0.466 e. The Balaban J connectivity index is 2.72. The predicted molar refractivity (Wildman–Crippen MR) is 80.0 cm³/mol. The fourth-order valence-corrected chi connectivity index (χ4v) is 2.44. The van der Waals surface area contributed by atoms with Crippen molar-refractivity contribution in [3.63, 3.8) is 0 Å². The van der Waals surface area contributed by atoms with E-state index in [2.05, 4.69) is 5.32 Å². The van der Waals surface area contributed by atoms with Crippen molar-refractivity contribution in [3.05, 3.63) is 0 Å². The Kier molecular flexibility index (Phi) is 6.45. The highest BCUT2D eigenvalue weighted by atomic mass is 16.6. The molecule has 0 aliphatic carbocycles. The molecule has 0 bridgehead atoms. The Morgan fingerprint density at radius 2 is 1.95 bits per heavy atom. The molecule has 1 aliphatic heterocycles. The second-order valence-electron chi connectivity index (χ2n) is 6.24. The topological polar surface area (TPSA) is 67.9 Å². The monoisotopic (exact) mass is 300 g/mol. The number of nitrogens with one attached hydrogen (secondary N) is 1. The van der Waals surface area contributed by atoms with Gasteiger partial charge in [0.1, 0.15) is 5.60 Å². The van der Waals surface area contributed by atoms with Crippen LogP contribution in [-0.4, -0.2) is 54.8 Å². The molecule has 6 nitrogen and oxygen atoms in total. The maximum atomic E-state index is 12.1. The van der Waals surface area contributed by atoms with Gasteiger partial charge in [-0.2, -0.15) is 0 Å². The van der Waals surface area contributed by atoms with Crippen molar-refractivity contribution >= 4 is 12.1 Å². The lowest BCUT2D eigenvalue weighted by molar-refractivity contribution is -0.150. The zero-order chi connectivity index (χ0) is 16.0. The van der Waals surface area contributed by atoms with E-state index >= 15 is 0 Å². The van der Waals surface area contributed by atoms with Gasteiger partial charge in [0.2, 0.25) is 0 Å². The third-order valence-electron chi connectivity index (χ3n) is 3.32. The first-order valence-electron chi connectivity index (χ1n) is 7.66. The van der Waals surface area contributed by atoms with Gasteiger partial charge in [-0.05, 0) is 40.7 Å². The number of carbonyl (C=O) groups is 2. The predicted octanol–water partition coefficient (Wildman–Crippen LogP) is 1.78. The SMILES string of the molecule is CCNC1CCN(C(=O)OC(C)(C)C)CC1C(=O)OCC. The molecule has 0 aromatic heterocycles. The molecular weight excluding hydrogens is 272 g/mol. The van der Waals surface area contributed by atoms with Crippen LogP contribution in [0.2, 0.25) is 0 Å². The summed E-state index contributed by atoms with van der Waals surface area (Å²) in [6, 6.07) is 0.0488. The Bertz CT molecular complexity index is 365. The van der Waals surface area contributed by atoms with E-state index in [0.29, 0.717) is 19.7 Å². The minimum atomic E-state index is -0.533. The van der Waals surface area contributed by atoms with Gasteiger partial charge in [-0.3, -0.25) is 4.79 Å². The van der Waals surface area contributed by atoms with Crippen LogP contribution in [0.15, 0.2) is 0 Å². The first kappa shape index (κ1) is 17.8. The van der Waals surface area contributed by atoms with Crippen molar-refractivity contribution in [1.29, 1.82) is 0 Å². The normalized spacial score (nSPS) is 22.8. The molecule has 1 heterocycles. The Morgan fingerprint density at radius 1 is 1.29 bits per heavy atom. The standard InChI is InChI=1S/C15H28N2O4/c1-6-16-12-8-9-17(14(19)21-15(3,4)5)10-11(12)13(18)20-7-2/h11-12,16H,6-10H2,1-5H3. The molecule has 2 unspecified atom stereocenters. The first-order valence-corrected chi connectivity index (χ1v) is 7.66. The van der Waals surface area contributed by atoms with Crippen LogP contribution in [0.5, 0.6) is 0 Å². The summed E-state index contributed by atoms with van der Waals surface area (Å²) in [5.74, 6) is -0.595. The van der Waals surface area contributed by atoms with Crippen LogP contribution in [0.4, 0.5) is 4.79 Å². The maximum Gasteiger partial charge on any atom is 0.410 e. The van der Waals surface area contributed by atoms with E-state index in [1.54, 1.807) is 11.8 Å². The van der Waals surface area contributed by atoms with Crippen LogP contribution in [0, 0.1) is 5.92 Å². The van der Waals surface area contributed by atoms with Gasteiger partial charge in [-0.25, -0.2) is 4.79 Å². The third kappa shape index (κ3) is 5.53. The molecule has 0 radical (unpaired) electrons. The average Bonchev–Trinajstić information content (AvgIpc) is 2.37. The number of amides is 1. The van der Waals surface area contributed by atoms with Crippen molar-refractivity contribution < 1.29 is 19.1 Å². The molecule has 1 N–H and O–H groups in total. The number of ether oxygens (including phenoxy) is 2. The number of rotatable bonds is 4. The molecule has 1 amide bonds. The second-order valence-corrected chi connectivity index (χ2v) is 6.24. The number of hydrogen-bond donors (Lipinski definition) is 1. The van der Waals surface area contributed by atoms with Crippen molar-refractivity contribution in [3.8, 4) is 0 Å². The van der Waals surface area contributed by atoms with E-state index in [1.807, 2.05) is 27.7 Å². The van der Waals surface area contributed by atoms with Gasteiger partial charge in [0, 0.05) is 19.1 Å². The molecule has 1 rings (SSSR count). The Labute approximate surface area is 127 Å². The summed E-state index contributed by atoms with van der Waals surface area (Å²) < 4.78 is 10.5. The van der Waals surface area contributed by atoms with Crippen molar-refractivity contribution in [1.82, 2.24) is 10.2 Å². The number of piperidine rings is 1. The summed E-state index contributed by atoms with van der Waals surface area (Å²) in [7, 11) is 0. The van der Waals surface area contributed by atoms with E-state index in [4.69, 9.17) is 9.47 Å². The Hall–Kier alpha value is -1.30. The van der Waals surface area contributed by atoms with Gasteiger partial charge >= 0.3 is 12.1 Å². The molecule has 1 saturated heterocycles. The molecule has 0 spiro atoms. The number of esters is 1. The smallest absolute Gasteiger partial charge is 0.410 e. The van der Waals surface area contributed by atoms with E-state index in [1.165, 1.54) is 0 Å². The Morgan fingerprint density at radius 3 is 2.48 bits per heavy atom. The molecule has 6 heteroatoms. The quantitative estimate of drug-likeness (QED) is 0.802. The van der Waals surface area contributed by atoms with Crippen LogP contribution < -0.4 is 5.32 Å². The highest BCUT2D eigenvalue weighted by Gasteiger charge is 2.37. The first-order chi connectivity index (χ1) is 9.78. The lowest BCUT2D eigenvalue weighted by Crippen LogP contribution is -2.54. The number of carbonyl (C=O) groups excluding carboxylic acids is 2. The van der Waals surface area contributed by atoms with Gasteiger partial charge in [0.05, 0.1) is 12.5 Å². The fraction of sp³-hybridized carbons (Fsp3) is 0.867. The molecule has 2 atom stereocenters. The molecule has 1 aliphatic rings. The largest absolute Gasteiger partial charge is 0.466 e. The third-order valence-corrected chi connectivity index (χ3v) is 3.32.